The van der Waals surface area contributed by atoms with Crippen molar-refractivity contribution in [3.8, 4) is 46.8 Å². The minimum atomic E-state index is -0.487. The highest BCUT2D eigenvalue weighted by atomic mass is 16.5. The second kappa shape index (κ2) is 50.7. The summed E-state index contributed by atoms with van der Waals surface area (Å²) in [4.78, 5) is 13.9. The van der Waals surface area contributed by atoms with Gasteiger partial charge < -0.3 is 33.2 Å². The summed E-state index contributed by atoms with van der Waals surface area (Å²) in [6.07, 6.45) is 56.6. The third-order valence-corrected chi connectivity index (χ3v) is 16.5. The van der Waals surface area contributed by atoms with Gasteiger partial charge in [-0.3, -0.25) is 0 Å². The van der Waals surface area contributed by atoms with Gasteiger partial charge in [-0.1, -0.05) is 289 Å². The Morgan fingerprint density at radius 1 is 0.314 bits per heavy atom. The van der Waals surface area contributed by atoms with Crippen molar-refractivity contribution in [1.29, 1.82) is 0 Å². The molecule has 86 heavy (non-hydrogen) atoms. The summed E-state index contributed by atoms with van der Waals surface area (Å²) in [7, 11) is 0. The van der Waals surface area contributed by atoms with E-state index in [0.717, 1.165) is 83.8 Å². The van der Waals surface area contributed by atoms with Crippen LogP contribution in [0.1, 0.15) is 317 Å². The van der Waals surface area contributed by atoms with Crippen molar-refractivity contribution in [3.05, 3.63) is 107 Å². The van der Waals surface area contributed by atoms with Crippen LogP contribution in [0.15, 0.2) is 78.9 Å². The lowest BCUT2D eigenvalue weighted by Crippen LogP contribution is -2.07. The molecule has 480 valence electrons. The van der Waals surface area contributed by atoms with Gasteiger partial charge in [-0.25, -0.2) is 4.79 Å². The molecule has 0 bridgehead atoms. The van der Waals surface area contributed by atoms with E-state index in [9.17, 15) is 4.79 Å². The maximum atomic E-state index is 13.9. The number of ether oxygens (including phenoxy) is 7. The van der Waals surface area contributed by atoms with Crippen molar-refractivity contribution in [2.24, 2.45) is 0 Å². The Morgan fingerprint density at radius 3 is 0.919 bits per heavy atom. The fraction of sp³-hybridized carbons (Fsp3) is 0.654. The molecule has 0 unspecified atom stereocenters. The molecule has 0 heterocycles. The summed E-state index contributed by atoms with van der Waals surface area (Å²) in [6, 6.07) is 25.0. The maximum absolute atomic E-state index is 13.9. The molecule has 4 rings (SSSR count). The number of unbranched alkanes of at least 4 members (excludes halogenated alkanes) is 36. The van der Waals surface area contributed by atoms with E-state index in [1.165, 1.54) is 218 Å². The number of esters is 1. The van der Waals surface area contributed by atoms with Crippen LogP contribution in [0.3, 0.4) is 0 Å². The Kier molecular flexibility index (Phi) is 43.1. The second-order valence-corrected chi connectivity index (χ2v) is 24.4. The van der Waals surface area contributed by atoms with Gasteiger partial charge in [0.25, 0.3) is 0 Å². The van der Waals surface area contributed by atoms with Crippen LogP contribution >= 0.6 is 0 Å². The molecule has 0 spiro atoms. The lowest BCUT2D eigenvalue weighted by Gasteiger charge is -2.16. The fourth-order valence-electron chi connectivity index (χ4n) is 11.0. The van der Waals surface area contributed by atoms with Crippen LogP contribution < -0.4 is 28.4 Å². The first kappa shape index (κ1) is 73.2. The van der Waals surface area contributed by atoms with Crippen LogP contribution in [0.4, 0.5) is 0 Å². The Bertz CT molecular complexity index is 2190. The van der Waals surface area contributed by atoms with Crippen LogP contribution in [-0.2, 0) is 24.6 Å². The van der Waals surface area contributed by atoms with Gasteiger partial charge in [-0.05, 0) is 90.9 Å². The molecule has 8 nitrogen and oxygen atoms in total. The van der Waals surface area contributed by atoms with Crippen LogP contribution in [0.25, 0.3) is 0 Å². The molecule has 0 aliphatic rings. The van der Waals surface area contributed by atoms with Gasteiger partial charge in [0, 0.05) is 11.6 Å². The van der Waals surface area contributed by atoms with E-state index < -0.39 is 5.97 Å². The molecular formula is C78H120O8. The summed E-state index contributed by atoms with van der Waals surface area (Å²) in [5.74, 6) is 6.16. The molecule has 8 heteroatoms. The van der Waals surface area contributed by atoms with Crippen molar-refractivity contribution in [2.45, 2.75) is 304 Å². The first-order valence-corrected chi connectivity index (χ1v) is 35.4. The SMILES string of the molecule is C#Cc1ccc(COC(=O)c2cc(OCc3ccc(OCCCCCCCCCCCC)c(OCCCCCCCCCCCC)c3)cc(OCc3ccc(OCCCCCCCCCCCC)c(OCCCCCCCCCCCC)c3)c2)cc1. The van der Waals surface area contributed by atoms with Gasteiger partial charge in [-0.2, -0.15) is 0 Å². The molecular weight excluding hydrogens is 1060 g/mol. The average Bonchev–Trinajstić information content (AvgIpc) is 3.53. The summed E-state index contributed by atoms with van der Waals surface area (Å²) in [6.45, 7) is 12.3. The molecule has 0 aromatic heterocycles. The predicted octanol–water partition coefficient (Wildman–Crippen LogP) is 23.4. The summed E-state index contributed by atoms with van der Waals surface area (Å²) >= 11 is 0. The topological polar surface area (TPSA) is 81.7 Å². The smallest absolute Gasteiger partial charge is 0.338 e. The second-order valence-electron chi connectivity index (χ2n) is 24.4. The van der Waals surface area contributed by atoms with E-state index in [1.807, 2.05) is 66.7 Å². The van der Waals surface area contributed by atoms with E-state index in [1.54, 1.807) is 12.1 Å². The predicted molar refractivity (Wildman–Crippen MR) is 361 cm³/mol. The zero-order chi connectivity index (χ0) is 61.0. The minimum Gasteiger partial charge on any atom is -0.490 e. The van der Waals surface area contributed by atoms with E-state index in [0.29, 0.717) is 43.5 Å². The lowest BCUT2D eigenvalue weighted by atomic mass is 10.1. The molecule has 4 aromatic carbocycles. The molecule has 0 N–H and O–H groups in total. The Hall–Kier alpha value is -5.29. The Labute approximate surface area is 525 Å². The highest BCUT2D eigenvalue weighted by molar-refractivity contribution is 5.90. The zero-order valence-corrected chi connectivity index (χ0v) is 55.1. The Morgan fingerprint density at radius 2 is 0.605 bits per heavy atom. The fourth-order valence-corrected chi connectivity index (χ4v) is 11.0. The number of hydrogen-bond donors (Lipinski definition) is 0. The quantitative estimate of drug-likeness (QED) is 0.0246. The van der Waals surface area contributed by atoms with Crippen molar-refractivity contribution in [3.63, 3.8) is 0 Å². The highest BCUT2D eigenvalue weighted by Crippen LogP contribution is 2.33. The number of carbonyl (C=O) groups is 1. The molecule has 0 aliphatic heterocycles. The van der Waals surface area contributed by atoms with Gasteiger partial charge in [0.1, 0.15) is 31.3 Å². The molecule has 0 atom stereocenters. The molecule has 0 fully saturated rings. The number of hydrogen-bond acceptors (Lipinski definition) is 8. The standard InChI is InChI=1S/C78H120O8/c1-6-11-15-19-23-27-31-35-39-43-55-80-74-53-51-69(59-76(74)82-57-45-41-37-33-29-25-21-17-13-8-3)65-84-72-61-71(78(79)86-64-68-49-47-67(10-5)48-50-68)62-73(63-72)85-66-70-52-54-75(81-56-44-40-36-32-28-24-20-16-12-7-2)77(60-70)83-58-46-42-38-34-30-26-22-18-14-9-4/h5,47-54,59-63H,6-9,11-46,55-58,64-66H2,1-4H3. The number of terminal acetylenes is 1. The van der Waals surface area contributed by atoms with E-state index in [4.69, 9.17) is 39.6 Å². The number of benzene rings is 4. The number of rotatable bonds is 57. The molecule has 0 amide bonds. The van der Waals surface area contributed by atoms with Crippen molar-refractivity contribution in [2.75, 3.05) is 26.4 Å². The number of carbonyl (C=O) groups excluding carboxylic acids is 1. The minimum absolute atomic E-state index is 0.0932. The third-order valence-electron chi connectivity index (χ3n) is 16.5. The highest BCUT2D eigenvalue weighted by Gasteiger charge is 2.16. The largest absolute Gasteiger partial charge is 0.490 e. The van der Waals surface area contributed by atoms with E-state index in [-0.39, 0.29) is 19.8 Å². The maximum Gasteiger partial charge on any atom is 0.338 e. The van der Waals surface area contributed by atoms with Crippen LogP contribution in [0, 0.1) is 12.3 Å². The van der Waals surface area contributed by atoms with Gasteiger partial charge >= 0.3 is 5.97 Å². The van der Waals surface area contributed by atoms with Gasteiger partial charge in [0.2, 0.25) is 0 Å². The summed E-state index contributed by atoms with van der Waals surface area (Å²) in [5, 5.41) is 0. The Balaban J connectivity index is 1.45. The van der Waals surface area contributed by atoms with Crippen LogP contribution in [0.2, 0.25) is 0 Å². The lowest BCUT2D eigenvalue weighted by molar-refractivity contribution is 0.0471. The van der Waals surface area contributed by atoms with E-state index in [2.05, 4.69) is 33.6 Å². The monoisotopic (exact) mass is 1180 g/mol. The van der Waals surface area contributed by atoms with Gasteiger partial charge in [0.05, 0.1) is 32.0 Å². The van der Waals surface area contributed by atoms with Crippen molar-refractivity contribution >= 4 is 5.97 Å². The van der Waals surface area contributed by atoms with Crippen molar-refractivity contribution in [1.82, 2.24) is 0 Å². The molecule has 4 aromatic rings. The summed E-state index contributed by atoms with van der Waals surface area (Å²) in [5.41, 5.74) is 3.79. The van der Waals surface area contributed by atoms with Gasteiger partial charge in [0.15, 0.2) is 23.0 Å². The zero-order valence-electron chi connectivity index (χ0n) is 55.1. The van der Waals surface area contributed by atoms with Crippen molar-refractivity contribution < 1.29 is 38.0 Å². The molecule has 0 radical (unpaired) electrons. The normalized spacial score (nSPS) is 11.2. The third kappa shape index (κ3) is 35.5. The molecule has 0 aliphatic carbocycles. The first-order valence-electron chi connectivity index (χ1n) is 35.4. The average molecular weight is 1190 g/mol. The molecule has 0 saturated carbocycles. The molecule has 0 saturated heterocycles. The van der Waals surface area contributed by atoms with E-state index >= 15 is 0 Å². The van der Waals surface area contributed by atoms with Crippen LogP contribution in [-0.4, -0.2) is 32.4 Å². The van der Waals surface area contributed by atoms with Gasteiger partial charge in [-0.15, -0.1) is 6.42 Å². The van der Waals surface area contributed by atoms with Crippen LogP contribution in [0.5, 0.6) is 34.5 Å². The summed E-state index contributed by atoms with van der Waals surface area (Å²) < 4.78 is 44.8. The first-order chi connectivity index (χ1) is 42.5.